The molecule has 1 N–H and O–H groups in total. The van der Waals surface area contributed by atoms with Crippen molar-refractivity contribution in [3.8, 4) is 0 Å². The van der Waals surface area contributed by atoms with Crippen molar-refractivity contribution < 1.29 is 4.92 Å². The van der Waals surface area contributed by atoms with Crippen LogP contribution >= 0.6 is 15.9 Å². The number of anilines is 1. The second kappa shape index (κ2) is 6.05. The van der Waals surface area contributed by atoms with Crippen molar-refractivity contribution in [1.29, 1.82) is 0 Å². The number of hydrogen-bond donors (Lipinski definition) is 1. The maximum absolute atomic E-state index is 11.0. The van der Waals surface area contributed by atoms with E-state index in [9.17, 15) is 10.1 Å². The number of nitrogens with one attached hydrogen (secondary N) is 1. The highest BCUT2D eigenvalue weighted by molar-refractivity contribution is 9.10. The van der Waals surface area contributed by atoms with E-state index in [1.54, 1.807) is 19.1 Å². The summed E-state index contributed by atoms with van der Waals surface area (Å²) in [6, 6.07) is 13.1. The maximum atomic E-state index is 11.0. The number of aryl methyl sites for hydroxylation is 1. The summed E-state index contributed by atoms with van der Waals surface area (Å²) in [5, 5.41) is 14.3. The van der Waals surface area contributed by atoms with Gasteiger partial charge in [-0.2, -0.15) is 0 Å². The van der Waals surface area contributed by atoms with E-state index in [0.717, 1.165) is 15.7 Å². The Morgan fingerprint density at radius 3 is 2.65 bits per heavy atom. The number of benzene rings is 2. The van der Waals surface area contributed by atoms with Gasteiger partial charge in [-0.3, -0.25) is 10.1 Å². The van der Waals surface area contributed by atoms with Crippen molar-refractivity contribution in [1.82, 2.24) is 0 Å². The Hall–Kier alpha value is -1.88. The summed E-state index contributed by atoms with van der Waals surface area (Å²) in [7, 11) is 0. The van der Waals surface area contributed by atoms with Crippen LogP contribution in [0, 0.1) is 17.0 Å². The molecule has 2 aromatic carbocycles. The van der Waals surface area contributed by atoms with Crippen LogP contribution in [0.4, 0.5) is 11.4 Å². The van der Waals surface area contributed by atoms with Gasteiger partial charge in [-0.1, -0.05) is 34.1 Å². The van der Waals surface area contributed by atoms with Crippen molar-refractivity contribution >= 4 is 27.3 Å². The molecule has 0 heterocycles. The highest BCUT2D eigenvalue weighted by Crippen LogP contribution is 2.26. The molecule has 0 amide bonds. The summed E-state index contributed by atoms with van der Waals surface area (Å²) >= 11 is 3.42. The summed E-state index contributed by atoms with van der Waals surface area (Å²) < 4.78 is 0.990. The molecule has 0 fully saturated rings. The number of nitro benzene ring substituents is 1. The predicted molar refractivity (Wildman–Crippen MR) is 84.0 cm³/mol. The first-order chi connectivity index (χ1) is 9.47. The lowest BCUT2D eigenvalue weighted by atomic mass is 10.0. The zero-order valence-corrected chi connectivity index (χ0v) is 12.8. The minimum Gasteiger partial charge on any atom is -0.378 e. The lowest BCUT2D eigenvalue weighted by Crippen LogP contribution is -2.07. The topological polar surface area (TPSA) is 55.2 Å². The maximum Gasteiger partial charge on any atom is 0.272 e. The molecular formula is C15H15BrN2O2. The first kappa shape index (κ1) is 14.5. The molecule has 1 atom stereocenters. The molecule has 0 saturated carbocycles. The number of halogens is 1. The minimum absolute atomic E-state index is 0.0106. The summed E-state index contributed by atoms with van der Waals surface area (Å²) in [4.78, 5) is 10.6. The monoisotopic (exact) mass is 334 g/mol. The fourth-order valence-corrected chi connectivity index (χ4v) is 2.40. The molecule has 0 aromatic heterocycles. The van der Waals surface area contributed by atoms with Crippen LogP contribution in [-0.2, 0) is 0 Å². The standard InChI is InChI=1S/C15H15BrN2O2/c1-10-6-7-12(8-15(10)18(19)20)11(2)17-14-5-3-4-13(16)9-14/h3-9,11,17H,1-2H3. The van der Waals surface area contributed by atoms with Gasteiger partial charge in [0, 0.05) is 27.8 Å². The van der Waals surface area contributed by atoms with E-state index in [-0.39, 0.29) is 16.7 Å². The minimum atomic E-state index is -0.343. The Morgan fingerprint density at radius 1 is 1.25 bits per heavy atom. The van der Waals surface area contributed by atoms with Crippen molar-refractivity contribution in [2.45, 2.75) is 19.9 Å². The second-order valence-electron chi connectivity index (χ2n) is 4.68. The summed E-state index contributed by atoms with van der Waals surface area (Å²) in [5.74, 6) is 0. The normalized spacial score (nSPS) is 11.9. The molecule has 0 aliphatic rings. The molecule has 0 spiro atoms. The second-order valence-corrected chi connectivity index (χ2v) is 5.60. The molecule has 5 heteroatoms. The van der Waals surface area contributed by atoms with Gasteiger partial charge in [-0.05, 0) is 37.6 Å². The summed E-state index contributed by atoms with van der Waals surface area (Å²) in [6.07, 6.45) is 0. The fraction of sp³-hybridized carbons (Fsp3) is 0.200. The van der Waals surface area contributed by atoms with Crippen LogP contribution in [0.15, 0.2) is 46.9 Å². The average molecular weight is 335 g/mol. The Labute approximate surface area is 126 Å². The van der Waals surface area contributed by atoms with Gasteiger partial charge in [-0.15, -0.1) is 0 Å². The lowest BCUT2D eigenvalue weighted by molar-refractivity contribution is -0.385. The first-order valence-corrected chi connectivity index (χ1v) is 7.03. The molecule has 0 aliphatic heterocycles. The fourth-order valence-electron chi connectivity index (χ4n) is 2.00. The van der Waals surface area contributed by atoms with Crippen LogP contribution in [0.5, 0.6) is 0 Å². The van der Waals surface area contributed by atoms with Crippen LogP contribution in [0.1, 0.15) is 24.1 Å². The van der Waals surface area contributed by atoms with E-state index in [1.165, 1.54) is 0 Å². The molecule has 0 aliphatic carbocycles. The molecule has 2 rings (SSSR count). The highest BCUT2D eigenvalue weighted by Gasteiger charge is 2.14. The summed E-state index contributed by atoms with van der Waals surface area (Å²) in [6.45, 7) is 3.73. The third-order valence-electron chi connectivity index (χ3n) is 3.14. The van der Waals surface area contributed by atoms with Gasteiger partial charge >= 0.3 is 0 Å². The Bertz CT molecular complexity index is 644. The number of rotatable bonds is 4. The largest absolute Gasteiger partial charge is 0.378 e. The van der Waals surface area contributed by atoms with Crippen molar-refractivity contribution in [2.75, 3.05) is 5.32 Å². The molecule has 0 bridgehead atoms. The number of nitro groups is 1. The molecule has 20 heavy (non-hydrogen) atoms. The quantitative estimate of drug-likeness (QED) is 0.642. The molecule has 4 nitrogen and oxygen atoms in total. The molecule has 0 radical (unpaired) electrons. The van der Waals surface area contributed by atoms with Crippen LogP contribution in [0.2, 0.25) is 0 Å². The Morgan fingerprint density at radius 2 is 2.00 bits per heavy atom. The van der Waals surface area contributed by atoms with Crippen LogP contribution in [-0.4, -0.2) is 4.92 Å². The SMILES string of the molecule is Cc1ccc(C(C)Nc2cccc(Br)c2)cc1[N+](=O)[O-]. The Kier molecular flexibility index (Phi) is 4.39. The molecule has 104 valence electrons. The summed E-state index contributed by atoms with van der Waals surface area (Å²) in [5.41, 5.74) is 2.69. The molecule has 0 saturated heterocycles. The van der Waals surface area contributed by atoms with E-state index in [2.05, 4.69) is 21.2 Å². The predicted octanol–water partition coefficient (Wildman–Crippen LogP) is 4.84. The van der Waals surface area contributed by atoms with Gasteiger partial charge in [-0.25, -0.2) is 0 Å². The Balaban J connectivity index is 2.23. The average Bonchev–Trinajstić information content (AvgIpc) is 2.38. The van der Waals surface area contributed by atoms with E-state index in [4.69, 9.17) is 0 Å². The van der Waals surface area contributed by atoms with Gasteiger partial charge in [0.1, 0.15) is 0 Å². The van der Waals surface area contributed by atoms with E-state index in [0.29, 0.717) is 5.56 Å². The number of hydrogen-bond acceptors (Lipinski definition) is 3. The van der Waals surface area contributed by atoms with Gasteiger partial charge in [0.15, 0.2) is 0 Å². The number of nitrogens with zero attached hydrogens (tertiary/aromatic N) is 1. The third kappa shape index (κ3) is 3.36. The van der Waals surface area contributed by atoms with Gasteiger partial charge in [0.25, 0.3) is 5.69 Å². The van der Waals surface area contributed by atoms with Crippen LogP contribution < -0.4 is 5.32 Å². The van der Waals surface area contributed by atoms with Gasteiger partial charge in [0.05, 0.1) is 4.92 Å². The van der Waals surface area contributed by atoms with E-state index in [1.807, 2.05) is 37.3 Å². The molecule has 2 aromatic rings. The van der Waals surface area contributed by atoms with E-state index < -0.39 is 0 Å². The van der Waals surface area contributed by atoms with Crippen LogP contribution in [0.3, 0.4) is 0 Å². The zero-order chi connectivity index (χ0) is 14.7. The molecular weight excluding hydrogens is 320 g/mol. The van der Waals surface area contributed by atoms with Crippen LogP contribution in [0.25, 0.3) is 0 Å². The van der Waals surface area contributed by atoms with Gasteiger partial charge < -0.3 is 5.32 Å². The molecule has 1 unspecified atom stereocenters. The lowest BCUT2D eigenvalue weighted by Gasteiger charge is -2.16. The highest BCUT2D eigenvalue weighted by atomic mass is 79.9. The van der Waals surface area contributed by atoms with Crippen molar-refractivity contribution in [3.05, 3.63) is 68.2 Å². The van der Waals surface area contributed by atoms with E-state index >= 15 is 0 Å². The van der Waals surface area contributed by atoms with Crippen molar-refractivity contribution in [3.63, 3.8) is 0 Å². The third-order valence-corrected chi connectivity index (χ3v) is 3.63. The van der Waals surface area contributed by atoms with Crippen molar-refractivity contribution in [2.24, 2.45) is 0 Å². The smallest absolute Gasteiger partial charge is 0.272 e. The first-order valence-electron chi connectivity index (χ1n) is 6.24. The zero-order valence-electron chi connectivity index (χ0n) is 11.3. The van der Waals surface area contributed by atoms with Gasteiger partial charge in [0.2, 0.25) is 0 Å².